The van der Waals surface area contributed by atoms with Gasteiger partial charge in [-0.3, -0.25) is 9.36 Å². The van der Waals surface area contributed by atoms with Gasteiger partial charge in [0.15, 0.2) is 5.58 Å². The Morgan fingerprint density at radius 2 is 2.00 bits per heavy atom. The van der Waals surface area contributed by atoms with Gasteiger partial charge in [-0.2, -0.15) is 0 Å². The van der Waals surface area contributed by atoms with Gasteiger partial charge in [0.25, 0.3) is 0 Å². The number of hydrogen-bond acceptors (Lipinski definition) is 3. The van der Waals surface area contributed by atoms with Crippen LogP contribution in [-0.2, 0) is 24.7 Å². The van der Waals surface area contributed by atoms with Gasteiger partial charge in [0.05, 0.1) is 5.52 Å². The molecule has 0 aliphatic rings. The highest BCUT2D eigenvalue weighted by Gasteiger charge is 2.08. The number of rotatable bonds is 6. The molecular weight excluding hydrogens is 323 g/mol. The Morgan fingerprint density at radius 3 is 2.80 bits per heavy atom. The largest absolute Gasteiger partial charge is 0.419 e. The number of oxazole rings is 1. The van der Waals surface area contributed by atoms with Crippen molar-refractivity contribution in [2.45, 2.75) is 19.3 Å². The average Bonchev–Trinajstić information content (AvgIpc) is 2.88. The van der Waals surface area contributed by atoms with Gasteiger partial charge in [-0.1, -0.05) is 24.3 Å². The average molecular weight is 342 g/mol. The molecule has 0 radical (unpaired) electrons. The van der Waals surface area contributed by atoms with Crippen LogP contribution in [-0.4, -0.2) is 17.0 Å². The van der Waals surface area contributed by atoms with Crippen LogP contribution >= 0.6 is 0 Å². The Hall–Kier alpha value is -2.89. The molecule has 6 heteroatoms. The van der Waals surface area contributed by atoms with E-state index in [0.717, 1.165) is 11.1 Å². The van der Waals surface area contributed by atoms with Crippen LogP contribution in [0.2, 0.25) is 0 Å². The summed E-state index contributed by atoms with van der Waals surface area (Å²) in [5.41, 5.74) is 2.82. The predicted octanol–water partition coefficient (Wildman–Crippen LogP) is 2.56. The van der Waals surface area contributed by atoms with Gasteiger partial charge >= 0.3 is 5.76 Å². The highest BCUT2D eigenvalue weighted by Crippen LogP contribution is 2.14. The van der Waals surface area contributed by atoms with Crippen LogP contribution in [0.5, 0.6) is 0 Å². The first kappa shape index (κ1) is 17.0. The Kier molecular flexibility index (Phi) is 4.97. The number of hydrogen-bond donors (Lipinski definition) is 1. The van der Waals surface area contributed by atoms with E-state index >= 15 is 0 Å². The van der Waals surface area contributed by atoms with Gasteiger partial charge in [-0.15, -0.1) is 0 Å². The van der Waals surface area contributed by atoms with E-state index in [1.54, 1.807) is 31.3 Å². The second-order valence-corrected chi connectivity index (χ2v) is 5.92. The molecule has 5 nitrogen and oxygen atoms in total. The predicted molar refractivity (Wildman–Crippen MR) is 92.9 cm³/mol. The smallest absolute Gasteiger partial charge is 0.408 e. The van der Waals surface area contributed by atoms with Crippen molar-refractivity contribution in [3.05, 3.63) is 70.0 Å². The monoisotopic (exact) mass is 342 g/mol. The number of nitrogens with one attached hydrogen (secondary N) is 1. The molecule has 0 atom stereocenters. The third-order valence-electron chi connectivity index (χ3n) is 4.17. The fraction of sp³-hybridized carbons (Fsp3) is 0.263. The maximum absolute atomic E-state index is 13.5. The second kappa shape index (κ2) is 7.34. The first-order valence-corrected chi connectivity index (χ1v) is 8.13. The van der Waals surface area contributed by atoms with E-state index in [-0.39, 0.29) is 18.1 Å². The van der Waals surface area contributed by atoms with Crippen molar-refractivity contribution in [3.63, 3.8) is 0 Å². The fourth-order valence-corrected chi connectivity index (χ4v) is 2.71. The molecule has 0 unspecified atom stereocenters. The Balaban J connectivity index is 1.51. The third-order valence-corrected chi connectivity index (χ3v) is 4.17. The van der Waals surface area contributed by atoms with Crippen molar-refractivity contribution in [2.75, 3.05) is 6.54 Å². The van der Waals surface area contributed by atoms with Gasteiger partial charge in [-0.25, -0.2) is 9.18 Å². The van der Waals surface area contributed by atoms with Crippen LogP contribution in [0.4, 0.5) is 4.39 Å². The van der Waals surface area contributed by atoms with Gasteiger partial charge in [0, 0.05) is 20.0 Å². The van der Waals surface area contributed by atoms with Crippen LogP contribution < -0.4 is 11.1 Å². The standard InChI is InChI=1S/C19H19FN2O3/c1-22-16-12-13(6-8-17(16)25-19(22)24)10-11-21-18(23)9-7-14-4-2-3-5-15(14)20/h2-6,8,12H,7,9-11H2,1H3,(H,21,23). The lowest BCUT2D eigenvalue weighted by molar-refractivity contribution is -0.121. The van der Waals surface area contributed by atoms with E-state index in [9.17, 15) is 14.0 Å². The molecule has 130 valence electrons. The first-order chi connectivity index (χ1) is 12.0. The number of carbonyl (C=O) groups excluding carboxylic acids is 1. The summed E-state index contributed by atoms with van der Waals surface area (Å²) in [5.74, 6) is -0.789. The van der Waals surface area contributed by atoms with Crippen LogP contribution in [0.15, 0.2) is 51.7 Å². The van der Waals surface area contributed by atoms with E-state index in [1.807, 2.05) is 12.1 Å². The number of halogens is 1. The zero-order valence-electron chi connectivity index (χ0n) is 13.9. The SMILES string of the molecule is Cn1c(=O)oc2ccc(CCNC(=O)CCc3ccccc3F)cc21. The summed E-state index contributed by atoms with van der Waals surface area (Å²) in [4.78, 5) is 23.4. The van der Waals surface area contributed by atoms with Crippen LogP contribution in [0.1, 0.15) is 17.5 Å². The molecule has 1 aromatic heterocycles. The quantitative estimate of drug-likeness (QED) is 0.749. The van der Waals surface area contributed by atoms with Crippen molar-refractivity contribution in [1.29, 1.82) is 0 Å². The molecule has 0 saturated carbocycles. The van der Waals surface area contributed by atoms with Gasteiger partial charge < -0.3 is 9.73 Å². The van der Waals surface area contributed by atoms with Crippen LogP contribution in [0.3, 0.4) is 0 Å². The number of fused-ring (bicyclic) bond motifs is 1. The summed E-state index contributed by atoms with van der Waals surface area (Å²) in [7, 11) is 1.66. The van der Waals surface area contributed by atoms with E-state index in [4.69, 9.17) is 4.42 Å². The topological polar surface area (TPSA) is 64.2 Å². The Labute approximate surface area is 144 Å². The molecule has 0 fully saturated rings. The molecule has 3 aromatic rings. The Morgan fingerprint density at radius 1 is 1.20 bits per heavy atom. The molecule has 0 spiro atoms. The third kappa shape index (κ3) is 3.96. The van der Waals surface area contributed by atoms with Gasteiger partial charge in [-0.05, 0) is 42.2 Å². The molecule has 0 aliphatic heterocycles. The molecule has 25 heavy (non-hydrogen) atoms. The number of benzene rings is 2. The lowest BCUT2D eigenvalue weighted by Gasteiger charge is -2.06. The molecule has 0 saturated heterocycles. The summed E-state index contributed by atoms with van der Waals surface area (Å²) in [6.07, 6.45) is 1.26. The molecule has 3 rings (SSSR count). The van der Waals surface area contributed by atoms with E-state index in [1.165, 1.54) is 10.6 Å². The zero-order chi connectivity index (χ0) is 17.8. The first-order valence-electron chi connectivity index (χ1n) is 8.13. The molecule has 1 N–H and O–H groups in total. The zero-order valence-corrected chi connectivity index (χ0v) is 13.9. The normalized spacial score (nSPS) is 11.0. The van der Waals surface area contributed by atoms with Crippen molar-refractivity contribution in [2.24, 2.45) is 7.05 Å². The lowest BCUT2D eigenvalue weighted by atomic mass is 10.1. The number of aryl methyl sites for hydroxylation is 2. The van der Waals surface area contributed by atoms with Crippen molar-refractivity contribution in [3.8, 4) is 0 Å². The summed E-state index contributed by atoms with van der Waals surface area (Å²) in [6, 6.07) is 12.0. The number of amides is 1. The lowest BCUT2D eigenvalue weighted by Crippen LogP contribution is -2.26. The van der Waals surface area contributed by atoms with E-state index in [0.29, 0.717) is 30.5 Å². The molecular formula is C19H19FN2O3. The highest BCUT2D eigenvalue weighted by atomic mass is 19.1. The maximum atomic E-state index is 13.5. The molecule has 1 amide bonds. The molecule has 2 aromatic carbocycles. The molecule has 1 heterocycles. The number of carbonyl (C=O) groups is 1. The minimum absolute atomic E-state index is 0.111. The van der Waals surface area contributed by atoms with E-state index < -0.39 is 5.76 Å². The molecule has 0 bridgehead atoms. The highest BCUT2D eigenvalue weighted by molar-refractivity contribution is 5.76. The summed E-state index contributed by atoms with van der Waals surface area (Å²) < 4.78 is 20.0. The van der Waals surface area contributed by atoms with Crippen molar-refractivity contribution < 1.29 is 13.6 Å². The second-order valence-electron chi connectivity index (χ2n) is 5.92. The summed E-state index contributed by atoms with van der Waals surface area (Å²) in [5, 5.41) is 2.84. The van der Waals surface area contributed by atoms with Gasteiger partial charge in [0.2, 0.25) is 5.91 Å². The Bertz CT molecular complexity index is 959. The minimum Gasteiger partial charge on any atom is -0.408 e. The summed E-state index contributed by atoms with van der Waals surface area (Å²) in [6.45, 7) is 0.480. The van der Waals surface area contributed by atoms with Crippen LogP contribution in [0.25, 0.3) is 11.1 Å². The number of aromatic nitrogens is 1. The van der Waals surface area contributed by atoms with Crippen LogP contribution in [0, 0.1) is 5.82 Å². The molecule has 0 aliphatic carbocycles. The van der Waals surface area contributed by atoms with Gasteiger partial charge in [0.1, 0.15) is 5.82 Å². The summed E-state index contributed by atoms with van der Waals surface area (Å²) >= 11 is 0. The number of nitrogens with zero attached hydrogens (tertiary/aromatic N) is 1. The van der Waals surface area contributed by atoms with Crippen molar-refractivity contribution >= 4 is 17.0 Å². The van der Waals surface area contributed by atoms with E-state index in [2.05, 4.69) is 5.32 Å². The van der Waals surface area contributed by atoms with Crippen molar-refractivity contribution in [1.82, 2.24) is 9.88 Å². The minimum atomic E-state index is -0.395. The maximum Gasteiger partial charge on any atom is 0.419 e. The fourth-order valence-electron chi connectivity index (χ4n) is 2.71.